The van der Waals surface area contributed by atoms with Crippen LogP contribution >= 0.6 is 0 Å². The molecule has 1 aliphatic heterocycles. The van der Waals surface area contributed by atoms with Gasteiger partial charge < -0.3 is 24.1 Å². The van der Waals surface area contributed by atoms with Crippen molar-refractivity contribution < 1.29 is 23.8 Å². The number of rotatable bonds is 7. The van der Waals surface area contributed by atoms with Crippen LogP contribution in [-0.4, -0.2) is 40.3 Å². The first-order valence-corrected chi connectivity index (χ1v) is 10.6. The SMILES string of the molecule is COc1ccc2[nH]cc(CCN3C(=O)C(O)=C(C(=O)c4ccco4)C3c3ccccc3)c2c1. The van der Waals surface area contributed by atoms with Crippen molar-refractivity contribution in [3.05, 3.63) is 101 Å². The minimum atomic E-state index is -0.712. The fraction of sp³-hybridized carbons (Fsp3) is 0.154. The van der Waals surface area contributed by atoms with E-state index in [4.69, 9.17) is 9.15 Å². The molecule has 0 aliphatic carbocycles. The number of aromatic amines is 1. The molecule has 7 heteroatoms. The molecular formula is C26H22N2O5. The van der Waals surface area contributed by atoms with Crippen LogP contribution in [0.5, 0.6) is 5.75 Å². The molecule has 5 rings (SSSR count). The Balaban J connectivity index is 1.49. The van der Waals surface area contributed by atoms with E-state index in [1.807, 2.05) is 54.7 Å². The second-order valence-corrected chi connectivity index (χ2v) is 7.86. The lowest BCUT2D eigenvalue weighted by molar-refractivity contribution is -0.129. The standard InChI is InChI=1S/C26H22N2O5/c1-32-18-9-10-20-19(14-18)17(15-27-20)11-12-28-23(16-6-3-2-4-7-16)22(25(30)26(28)31)24(29)21-8-5-13-33-21/h2-10,13-15,23,27,30H,11-12H2,1H3. The third kappa shape index (κ3) is 3.57. The highest BCUT2D eigenvalue weighted by Crippen LogP contribution is 2.39. The average Bonchev–Trinajstić information content (AvgIpc) is 3.57. The number of carbonyl (C=O) groups excluding carboxylic acids is 2. The number of hydrogen-bond acceptors (Lipinski definition) is 5. The second-order valence-electron chi connectivity index (χ2n) is 7.86. The van der Waals surface area contributed by atoms with Crippen molar-refractivity contribution >= 4 is 22.6 Å². The van der Waals surface area contributed by atoms with Crippen molar-refractivity contribution in [3.8, 4) is 5.75 Å². The topological polar surface area (TPSA) is 95.8 Å². The molecule has 0 saturated heterocycles. The van der Waals surface area contributed by atoms with Gasteiger partial charge in [-0.15, -0.1) is 0 Å². The van der Waals surface area contributed by atoms with Gasteiger partial charge in [-0.05, 0) is 47.9 Å². The van der Waals surface area contributed by atoms with Crippen molar-refractivity contribution in [2.45, 2.75) is 12.5 Å². The maximum Gasteiger partial charge on any atom is 0.290 e. The summed E-state index contributed by atoms with van der Waals surface area (Å²) in [4.78, 5) is 31.0. The Kier molecular flexibility index (Phi) is 5.22. The molecule has 2 aromatic heterocycles. The summed E-state index contributed by atoms with van der Waals surface area (Å²) in [5.41, 5.74) is 2.74. The van der Waals surface area contributed by atoms with E-state index in [1.165, 1.54) is 12.3 Å². The fourth-order valence-electron chi connectivity index (χ4n) is 4.37. The lowest BCUT2D eigenvalue weighted by Crippen LogP contribution is -2.33. The molecule has 0 fully saturated rings. The molecule has 4 aromatic rings. The number of H-pyrrole nitrogens is 1. The predicted octanol–water partition coefficient (Wildman–Crippen LogP) is 4.59. The van der Waals surface area contributed by atoms with Crippen LogP contribution in [0.3, 0.4) is 0 Å². The molecule has 166 valence electrons. The number of hydrogen-bond donors (Lipinski definition) is 2. The molecule has 0 spiro atoms. The normalized spacial score (nSPS) is 16.1. The molecule has 0 bridgehead atoms. The van der Waals surface area contributed by atoms with E-state index in [9.17, 15) is 14.7 Å². The van der Waals surface area contributed by atoms with Crippen molar-refractivity contribution in [2.75, 3.05) is 13.7 Å². The summed E-state index contributed by atoms with van der Waals surface area (Å²) in [6.45, 7) is 0.307. The van der Waals surface area contributed by atoms with Crippen LogP contribution in [0.25, 0.3) is 10.9 Å². The zero-order valence-electron chi connectivity index (χ0n) is 17.9. The van der Waals surface area contributed by atoms with E-state index in [0.717, 1.165) is 27.8 Å². The number of amides is 1. The van der Waals surface area contributed by atoms with Crippen LogP contribution in [0.4, 0.5) is 0 Å². The largest absolute Gasteiger partial charge is 0.503 e. The van der Waals surface area contributed by atoms with E-state index in [-0.39, 0.29) is 11.3 Å². The van der Waals surface area contributed by atoms with Gasteiger partial charge in [-0.3, -0.25) is 9.59 Å². The second kappa shape index (κ2) is 8.35. The van der Waals surface area contributed by atoms with Crippen LogP contribution in [0, 0.1) is 0 Å². The first-order chi connectivity index (χ1) is 16.1. The van der Waals surface area contributed by atoms with Crippen LogP contribution in [0.1, 0.15) is 27.7 Å². The van der Waals surface area contributed by atoms with Gasteiger partial charge in [0.15, 0.2) is 11.5 Å². The smallest absolute Gasteiger partial charge is 0.290 e. The third-order valence-electron chi connectivity index (χ3n) is 6.01. The van der Waals surface area contributed by atoms with Crippen molar-refractivity contribution in [3.63, 3.8) is 0 Å². The Bertz CT molecular complexity index is 1350. The Hall–Kier alpha value is -4.26. The predicted molar refractivity (Wildman–Crippen MR) is 122 cm³/mol. The number of Topliss-reactive ketones (excluding diaryl/α,β-unsaturated/α-hetero) is 1. The van der Waals surface area contributed by atoms with Crippen molar-refractivity contribution in [1.29, 1.82) is 0 Å². The number of furan rings is 1. The number of carbonyl (C=O) groups is 2. The summed E-state index contributed by atoms with van der Waals surface area (Å²) in [5, 5.41) is 11.7. The Morgan fingerprint density at radius 2 is 1.97 bits per heavy atom. The van der Waals surface area contributed by atoms with Crippen LogP contribution in [0.15, 0.2) is 88.9 Å². The number of aliphatic hydroxyl groups is 1. The molecule has 1 unspecified atom stereocenters. The number of nitrogens with zero attached hydrogens (tertiary/aromatic N) is 1. The van der Waals surface area contributed by atoms with Gasteiger partial charge >= 0.3 is 0 Å². The lowest BCUT2D eigenvalue weighted by atomic mass is 9.95. The zero-order valence-corrected chi connectivity index (χ0v) is 17.9. The maximum absolute atomic E-state index is 13.2. The molecule has 1 aliphatic rings. The third-order valence-corrected chi connectivity index (χ3v) is 6.01. The number of fused-ring (bicyclic) bond motifs is 1. The van der Waals surface area contributed by atoms with Crippen LogP contribution < -0.4 is 4.74 Å². The first kappa shape index (κ1) is 20.6. The zero-order chi connectivity index (χ0) is 22.9. The summed E-state index contributed by atoms with van der Waals surface area (Å²) in [7, 11) is 1.62. The molecule has 1 amide bonds. The highest BCUT2D eigenvalue weighted by molar-refractivity contribution is 6.15. The highest BCUT2D eigenvalue weighted by Gasteiger charge is 2.44. The summed E-state index contributed by atoms with van der Waals surface area (Å²) < 4.78 is 10.6. The number of ketones is 1. The highest BCUT2D eigenvalue weighted by atomic mass is 16.5. The maximum atomic E-state index is 13.2. The Morgan fingerprint density at radius 1 is 1.15 bits per heavy atom. The van der Waals surface area contributed by atoms with Gasteiger partial charge in [0.25, 0.3) is 5.91 Å². The number of aliphatic hydroxyl groups excluding tert-OH is 1. The molecule has 0 saturated carbocycles. The Morgan fingerprint density at radius 3 is 2.70 bits per heavy atom. The fourth-order valence-corrected chi connectivity index (χ4v) is 4.37. The van der Waals surface area contributed by atoms with Gasteiger partial charge in [-0.1, -0.05) is 30.3 Å². The summed E-state index contributed by atoms with van der Waals surface area (Å²) >= 11 is 0. The number of methoxy groups -OCH3 is 1. The van der Waals surface area contributed by atoms with E-state index in [1.54, 1.807) is 18.1 Å². The molecule has 1 atom stereocenters. The Labute approximate surface area is 189 Å². The van der Waals surface area contributed by atoms with Gasteiger partial charge in [-0.25, -0.2) is 0 Å². The molecule has 7 nitrogen and oxygen atoms in total. The summed E-state index contributed by atoms with van der Waals surface area (Å²) in [5.74, 6) is -0.787. The summed E-state index contributed by atoms with van der Waals surface area (Å²) in [6.07, 6.45) is 3.82. The van der Waals surface area contributed by atoms with E-state index < -0.39 is 23.5 Å². The molecule has 2 aromatic carbocycles. The number of nitrogens with one attached hydrogen (secondary N) is 1. The molecular weight excluding hydrogens is 420 g/mol. The number of benzene rings is 2. The van der Waals surface area contributed by atoms with E-state index >= 15 is 0 Å². The lowest BCUT2D eigenvalue weighted by Gasteiger charge is -2.26. The molecule has 0 radical (unpaired) electrons. The minimum Gasteiger partial charge on any atom is -0.503 e. The van der Waals surface area contributed by atoms with Gasteiger partial charge in [0.2, 0.25) is 5.78 Å². The van der Waals surface area contributed by atoms with Gasteiger partial charge in [0.05, 0.1) is 25.0 Å². The van der Waals surface area contributed by atoms with Crippen molar-refractivity contribution in [1.82, 2.24) is 9.88 Å². The average molecular weight is 442 g/mol. The first-order valence-electron chi connectivity index (χ1n) is 10.6. The number of aromatic nitrogens is 1. The van der Waals surface area contributed by atoms with Gasteiger partial charge in [-0.2, -0.15) is 0 Å². The molecule has 33 heavy (non-hydrogen) atoms. The van der Waals surface area contributed by atoms with Crippen molar-refractivity contribution in [2.24, 2.45) is 0 Å². The minimum absolute atomic E-state index is 0.0294. The molecule has 2 N–H and O–H groups in total. The van der Waals surface area contributed by atoms with E-state index in [0.29, 0.717) is 13.0 Å². The monoisotopic (exact) mass is 442 g/mol. The number of ether oxygens (including phenoxy) is 1. The van der Waals surface area contributed by atoms with Gasteiger partial charge in [0.1, 0.15) is 5.75 Å². The molecule has 3 heterocycles. The van der Waals surface area contributed by atoms with Crippen LogP contribution in [0.2, 0.25) is 0 Å². The summed E-state index contributed by atoms with van der Waals surface area (Å²) in [6, 6.07) is 17.4. The van der Waals surface area contributed by atoms with Crippen LogP contribution in [-0.2, 0) is 11.2 Å². The van der Waals surface area contributed by atoms with Gasteiger partial charge in [0, 0.05) is 23.6 Å². The quantitative estimate of drug-likeness (QED) is 0.408. The van der Waals surface area contributed by atoms with E-state index in [2.05, 4.69) is 4.98 Å².